The second-order valence-corrected chi connectivity index (χ2v) is 5.97. The topological polar surface area (TPSA) is 74.4 Å². The molecule has 0 aliphatic heterocycles. The van der Waals surface area contributed by atoms with Crippen molar-refractivity contribution < 1.29 is 14.6 Å². The molecule has 2 aromatic carbocycles. The molecule has 5 nitrogen and oxygen atoms in total. The van der Waals surface area contributed by atoms with E-state index in [-0.39, 0.29) is 5.69 Å². The highest BCUT2D eigenvalue weighted by Gasteiger charge is 2.17. The number of carbonyl (C=O) groups is 1. The van der Waals surface area contributed by atoms with Gasteiger partial charge in [-0.1, -0.05) is 31.2 Å². The number of H-pyrrole nitrogens is 1. The Kier molecular flexibility index (Phi) is 5.05. The lowest BCUT2D eigenvalue weighted by atomic mass is 10.1. The molecule has 0 aliphatic carbocycles. The van der Waals surface area contributed by atoms with Crippen LogP contribution in [0.25, 0.3) is 10.9 Å². The van der Waals surface area contributed by atoms with Gasteiger partial charge in [0.15, 0.2) is 0 Å². The maximum atomic E-state index is 11.6. The predicted molar refractivity (Wildman–Crippen MR) is 98.2 cm³/mol. The van der Waals surface area contributed by atoms with E-state index in [1.54, 1.807) is 7.11 Å². The van der Waals surface area contributed by atoms with Gasteiger partial charge in [-0.2, -0.15) is 0 Å². The van der Waals surface area contributed by atoms with Crippen molar-refractivity contribution in [2.75, 3.05) is 7.11 Å². The lowest BCUT2D eigenvalue weighted by molar-refractivity contribution is 0.0690. The van der Waals surface area contributed by atoms with Gasteiger partial charge in [-0.05, 0) is 29.7 Å². The third kappa shape index (κ3) is 3.67. The van der Waals surface area contributed by atoms with Crippen molar-refractivity contribution in [3.05, 3.63) is 64.8 Å². The number of carboxylic acid groups (broad SMARTS) is 1. The van der Waals surface area contributed by atoms with Gasteiger partial charge >= 0.3 is 5.97 Å². The molecule has 0 bridgehead atoms. The monoisotopic (exact) mass is 338 g/mol. The highest BCUT2D eigenvalue weighted by Crippen LogP contribution is 2.26. The van der Waals surface area contributed by atoms with E-state index in [0.717, 1.165) is 22.9 Å². The molecule has 3 aromatic rings. The molecule has 0 saturated carbocycles. The first-order chi connectivity index (χ1) is 12.1. The van der Waals surface area contributed by atoms with Crippen molar-refractivity contribution in [2.45, 2.75) is 26.4 Å². The quantitative estimate of drug-likeness (QED) is 0.614. The number of aromatic amines is 1. The molecule has 130 valence electrons. The van der Waals surface area contributed by atoms with Crippen molar-refractivity contribution in [1.82, 2.24) is 10.3 Å². The molecular weight excluding hydrogens is 316 g/mol. The van der Waals surface area contributed by atoms with Gasteiger partial charge in [0.1, 0.15) is 11.4 Å². The number of nitrogens with one attached hydrogen (secondary N) is 2. The predicted octanol–water partition coefficient (Wildman–Crippen LogP) is 3.73. The van der Waals surface area contributed by atoms with Crippen molar-refractivity contribution in [3.8, 4) is 5.75 Å². The molecule has 1 aromatic heterocycles. The summed E-state index contributed by atoms with van der Waals surface area (Å²) in [4.78, 5) is 14.5. The Bertz CT molecular complexity index is 882. The SMILES string of the molecule is CCc1ccc(CNCc2c(C(=O)O)[nH]c3cc(OC)ccc23)cc1. The van der Waals surface area contributed by atoms with Crippen LogP contribution in [0.15, 0.2) is 42.5 Å². The Morgan fingerprint density at radius 1 is 1.12 bits per heavy atom. The molecule has 3 N–H and O–H groups in total. The average molecular weight is 338 g/mol. The molecular formula is C20H22N2O3. The third-order valence-corrected chi connectivity index (χ3v) is 4.39. The lowest BCUT2D eigenvalue weighted by Gasteiger charge is -2.07. The second-order valence-electron chi connectivity index (χ2n) is 5.97. The molecule has 25 heavy (non-hydrogen) atoms. The Hall–Kier alpha value is -2.79. The molecule has 3 rings (SSSR count). The minimum absolute atomic E-state index is 0.220. The van der Waals surface area contributed by atoms with Crippen molar-refractivity contribution in [3.63, 3.8) is 0 Å². The normalized spacial score (nSPS) is 11.0. The van der Waals surface area contributed by atoms with Crippen LogP contribution in [-0.4, -0.2) is 23.2 Å². The summed E-state index contributed by atoms with van der Waals surface area (Å²) in [6, 6.07) is 14.0. The molecule has 0 aliphatic rings. The fourth-order valence-corrected chi connectivity index (χ4v) is 2.95. The van der Waals surface area contributed by atoms with E-state index in [0.29, 0.717) is 18.8 Å². The summed E-state index contributed by atoms with van der Waals surface area (Å²) in [5, 5.41) is 13.7. The van der Waals surface area contributed by atoms with Crippen LogP contribution in [0, 0.1) is 0 Å². The maximum Gasteiger partial charge on any atom is 0.352 e. The number of benzene rings is 2. The van der Waals surface area contributed by atoms with Crippen LogP contribution in [0.3, 0.4) is 0 Å². The van der Waals surface area contributed by atoms with Crippen LogP contribution in [0.4, 0.5) is 0 Å². The largest absolute Gasteiger partial charge is 0.497 e. The Labute approximate surface area is 146 Å². The Morgan fingerprint density at radius 2 is 1.84 bits per heavy atom. The molecule has 0 radical (unpaired) electrons. The number of aromatic carboxylic acids is 1. The number of hydrogen-bond donors (Lipinski definition) is 3. The Balaban J connectivity index is 1.79. The van der Waals surface area contributed by atoms with Gasteiger partial charge in [-0.3, -0.25) is 0 Å². The summed E-state index contributed by atoms with van der Waals surface area (Å²) in [7, 11) is 1.59. The van der Waals surface area contributed by atoms with Crippen molar-refractivity contribution >= 4 is 16.9 Å². The van der Waals surface area contributed by atoms with E-state index in [2.05, 4.69) is 41.5 Å². The van der Waals surface area contributed by atoms with E-state index in [1.165, 1.54) is 11.1 Å². The smallest absolute Gasteiger partial charge is 0.352 e. The van der Waals surface area contributed by atoms with Crippen LogP contribution in [0.5, 0.6) is 5.75 Å². The fourth-order valence-electron chi connectivity index (χ4n) is 2.95. The minimum atomic E-state index is -0.959. The van der Waals surface area contributed by atoms with E-state index < -0.39 is 5.97 Å². The first kappa shape index (κ1) is 17.0. The summed E-state index contributed by atoms with van der Waals surface area (Å²) in [6.45, 7) is 3.29. The van der Waals surface area contributed by atoms with E-state index >= 15 is 0 Å². The van der Waals surface area contributed by atoms with Gasteiger partial charge in [0.25, 0.3) is 0 Å². The fraction of sp³-hybridized carbons (Fsp3) is 0.250. The number of carboxylic acids is 1. The molecule has 1 heterocycles. The molecule has 0 atom stereocenters. The zero-order valence-corrected chi connectivity index (χ0v) is 14.4. The highest BCUT2D eigenvalue weighted by molar-refractivity contribution is 5.97. The van der Waals surface area contributed by atoms with Gasteiger partial charge in [-0.25, -0.2) is 4.79 Å². The summed E-state index contributed by atoms with van der Waals surface area (Å²) in [6.07, 6.45) is 1.02. The average Bonchev–Trinajstić information content (AvgIpc) is 3.00. The van der Waals surface area contributed by atoms with Gasteiger partial charge in [-0.15, -0.1) is 0 Å². The minimum Gasteiger partial charge on any atom is -0.497 e. The zero-order chi connectivity index (χ0) is 17.8. The third-order valence-electron chi connectivity index (χ3n) is 4.39. The highest BCUT2D eigenvalue weighted by atomic mass is 16.5. The first-order valence-corrected chi connectivity index (χ1v) is 8.32. The van der Waals surface area contributed by atoms with Crippen LogP contribution < -0.4 is 10.1 Å². The van der Waals surface area contributed by atoms with Crippen LogP contribution in [0.1, 0.15) is 34.1 Å². The van der Waals surface area contributed by atoms with Gasteiger partial charge < -0.3 is 20.1 Å². The number of aryl methyl sites for hydroxylation is 1. The van der Waals surface area contributed by atoms with Crippen LogP contribution in [0.2, 0.25) is 0 Å². The molecule has 0 saturated heterocycles. The number of rotatable bonds is 7. The molecule has 0 unspecified atom stereocenters. The van der Waals surface area contributed by atoms with Crippen molar-refractivity contribution in [1.29, 1.82) is 0 Å². The molecule has 0 fully saturated rings. The van der Waals surface area contributed by atoms with E-state index in [9.17, 15) is 9.90 Å². The first-order valence-electron chi connectivity index (χ1n) is 8.32. The standard InChI is InChI=1S/C20H22N2O3/c1-3-13-4-6-14(7-5-13)11-21-12-17-16-9-8-15(25-2)10-18(16)22-19(17)20(23)24/h4-10,21-22H,3,11-12H2,1-2H3,(H,23,24). The Morgan fingerprint density at radius 3 is 2.48 bits per heavy atom. The number of aromatic nitrogens is 1. The van der Waals surface area contributed by atoms with E-state index in [4.69, 9.17) is 4.74 Å². The van der Waals surface area contributed by atoms with Gasteiger partial charge in [0.05, 0.1) is 12.6 Å². The van der Waals surface area contributed by atoms with E-state index in [1.807, 2.05) is 18.2 Å². The molecule has 0 spiro atoms. The lowest BCUT2D eigenvalue weighted by Crippen LogP contribution is -2.15. The van der Waals surface area contributed by atoms with Gasteiger partial charge in [0.2, 0.25) is 0 Å². The number of ether oxygens (including phenoxy) is 1. The zero-order valence-electron chi connectivity index (χ0n) is 14.4. The van der Waals surface area contributed by atoms with Crippen LogP contribution in [-0.2, 0) is 19.5 Å². The number of fused-ring (bicyclic) bond motifs is 1. The molecule has 0 amide bonds. The molecule has 5 heteroatoms. The number of methoxy groups -OCH3 is 1. The van der Waals surface area contributed by atoms with Crippen LogP contribution >= 0.6 is 0 Å². The second kappa shape index (κ2) is 7.40. The summed E-state index contributed by atoms with van der Waals surface area (Å²) >= 11 is 0. The number of hydrogen-bond acceptors (Lipinski definition) is 3. The van der Waals surface area contributed by atoms with Crippen molar-refractivity contribution in [2.24, 2.45) is 0 Å². The maximum absolute atomic E-state index is 11.6. The summed E-state index contributed by atoms with van der Waals surface area (Å²) in [5.74, 6) is -0.263. The summed E-state index contributed by atoms with van der Waals surface area (Å²) < 4.78 is 5.21. The van der Waals surface area contributed by atoms with Gasteiger partial charge in [0, 0.05) is 30.1 Å². The summed E-state index contributed by atoms with van der Waals surface area (Å²) in [5.41, 5.74) is 4.23.